The van der Waals surface area contributed by atoms with Gasteiger partial charge in [-0.3, -0.25) is 4.68 Å². The number of anilines is 2. The number of nitrogens with zero attached hydrogens (tertiary/aromatic N) is 4. The number of aromatic nitrogens is 3. The van der Waals surface area contributed by atoms with Crippen LogP contribution in [-0.2, 0) is 7.05 Å². The second-order valence-corrected chi connectivity index (χ2v) is 5.34. The van der Waals surface area contributed by atoms with Gasteiger partial charge in [0.15, 0.2) is 0 Å². The Kier molecular flexibility index (Phi) is 3.58. The van der Waals surface area contributed by atoms with Gasteiger partial charge in [0.05, 0.1) is 23.6 Å². The number of hydrogen-bond donors (Lipinski definition) is 1. The molecule has 20 heavy (non-hydrogen) atoms. The second-order valence-electron chi connectivity index (χ2n) is 5.34. The smallest absolute Gasteiger partial charge is 0.128 e. The van der Waals surface area contributed by atoms with Crippen LogP contribution < -0.4 is 10.2 Å². The van der Waals surface area contributed by atoms with Crippen LogP contribution >= 0.6 is 0 Å². The van der Waals surface area contributed by atoms with Crippen molar-refractivity contribution >= 4 is 11.5 Å². The molecule has 5 heteroatoms. The Balaban J connectivity index is 1.67. The lowest BCUT2D eigenvalue weighted by Crippen LogP contribution is -2.19. The summed E-state index contributed by atoms with van der Waals surface area (Å²) in [5.41, 5.74) is 2.20. The fourth-order valence-corrected chi connectivity index (χ4v) is 2.74. The van der Waals surface area contributed by atoms with Crippen molar-refractivity contribution < 1.29 is 0 Å². The standard InChI is InChI=1S/C15H21N5/c1-12(14-7-8-17-19(14)2)18-13-5-6-15(16-11-13)20-9-3-4-10-20/h5-8,11-12,18H,3-4,9-10H2,1-2H3. The van der Waals surface area contributed by atoms with E-state index in [1.165, 1.54) is 12.8 Å². The summed E-state index contributed by atoms with van der Waals surface area (Å²) in [5.74, 6) is 1.08. The third kappa shape index (κ3) is 2.61. The van der Waals surface area contributed by atoms with Crippen molar-refractivity contribution in [3.8, 4) is 0 Å². The molecule has 0 saturated carbocycles. The quantitative estimate of drug-likeness (QED) is 0.928. The maximum Gasteiger partial charge on any atom is 0.128 e. The Morgan fingerprint density at radius 2 is 2.00 bits per heavy atom. The first-order chi connectivity index (χ1) is 9.74. The summed E-state index contributed by atoms with van der Waals surface area (Å²) in [7, 11) is 1.96. The molecule has 0 radical (unpaired) electrons. The van der Waals surface area contributed by atoms with E-state index in [-0.39, 0.29) is 6.04 Å². The number of pyridine rings is 1. The molecular formula is C15H21N5. The Morgan fingerprint density at radius 1 is 1.20 bits per heavy atom. The van der Waals surface area contributed by atoms with Gasteiger partial charge in [-0.15, -0.1) is 0 Å². The Labute approximate surface area is 119 Å². The third-order valence-electron chi connectivity index (χ3n) is 3.86. The molecule has 0 spiro atoms. The average molecular weight is 271 g/mol. The number of hydrogen-bond acceptors (Lipinski definition) is 4. The Bertz CT molecular complexity index is 554. The maximum atomic E-state index is 4.56. The van der Waals surface area contributed by atoms with Crippen molar-refractivity contribution in [3.05, 3.63) is 36.3 Å². The average Bonchev–Trinajstić information content (AvgIpc) is 3.10. The van der Waals surface area contributed by atoms with E-state index < -0.39 is 0 Å². The van der Waals surface area contributed by atoms with Gasteiger partial charge in [-0.2, -0.15) is 5.10 Å². The minimum absolute atomic E-state index is 0.210. The van der Waals surface area contributed by atoms with Crippen LogP contribution in [0.15, 0.2) is 30.6 Å². The first-order valence-electron chi connectivity index (χ1n) is 7.19. The van der Waals surface area contributed by atoms with Gasteiger partial charge in [0.1, 0.15) is 5.82 Å². The Hall–Kier alpha value is -2.04. The van der Waals surface area contributed by atoms with Crippen molar-refractivity contribution in [3.63, 3.8) is 0 Å². The molecule has 2 aromatic rings. The van der Waals surface area contributed by atoms with Gasteiger partial charge in [-0.05, 0) is 38.0 Å². The zero-order valence-electron chi connectivity index (χ0n) is 12.1. The van der Waals surface area contributed by atoms with Crippen LogP contribution in [0.2, 0.25) is 0 Å². The zero-order valence-corrected chi connectivity index (χ0v) is 12.1. The minimum atomic E-state index is 0.210. The molecular weight excluding hydrogens is 250 g/mol. The van der Waals surface area contributed by atoms with Crippen LogP contribution in [0.3, 0.4) is 0 Å². The second kappa shape index (κ2) is 5.53. The van der Waals surface area contributed by atoms with Gasteiger partial charge in [0, 0.05) is 26.3 Å². The lowest BCUT2D eigenvalue weighted by atomic mass is 10.2. The van der Waals surface area contributed by atoms with E-state index in [1.54, 1.807) is 0 Å². The monoisotopic (exact) mass is 271 g/mol. The summed E-state index contributed by atoms with van der Waals surface area (Å²) in [6.45, 7) is 4.39. The molecule has 106 valence electrons. The van der Waals surface area contributed by atoms with Gasteiger partial charge >= 0.3 is 0 Å². The number of nitrogens with one attached hydrogen (secondary N) is 1. The molecule has 1 saturated heterocycles. The lowest BCUT2D eigenvalue weighted by Gasteiger charge is -2.18. The molecule has 0 bridgehead atoms. The first kappa shape index (κ1) is 13.0. The predicted molar refractivity (Wildman–Crippen MR) is 80.9 cm³/mol. The summed E-state index contributed by atoms with van der Waals surface area (Å²) in [6.07, 6.45) is 6.29. The molecule has 5 nitrogen and oxygen atoms in total. The van der Waals surface area contributed by atoms with E-state index in [1.807, 2.05) is 30.2 Å². The molecule has 3 heterocycles. The van der Waals surface area contributed by atoms with Crippen molar-refractivity contribution in [1.82, 2.24) is 14.8 Å². The first-order valence-corrected chi connectivity index (χ1v) is 7.19. The highest BCUT2D eigenvalue weighted by Gasteiger charge is 2.14. The molecule has 1 aliphatic heterocycles. The fourth-order valence-electron chi connectivity index (χ4n) is 2.74. The summed E-state index contributed by atoms with van der Waals surface area (Å²) in [4.78, 5) is 6.90. The highest BCUT2D eigenvalue weighted by molar-refractivity contribution is 5.49. The maximum absolute atomic E-state index is 4.56. The molecule has 1 aliphatic rings. The van der Waals surface area contributed by atoms with E-state index in [9.17, 15) is 0 Å². The van der Waals surface area contributed by atoms with Gasteiger partial charge in [-0.1, -0.05) is 0 Å². The molecule has 3 rings (SSSR count). The summed E-state index contributed by atoms with van der Waals surface area (Å²) >= 11 is 0. The molecule has 0 aromatic carbocycles. The topological polar surface area (TPSA) is 46.0 Å². The highest BCUT2D eigenvalue weighted by Crippen LogP contribution is 2.22. The van der Waals surface area contributed by atoms with Gasteiger partial charge in [0.2, 0.25) is 0 Å². The molecule has 1 atom stereocenters. The van der Waals surface area contributed by atoms with Crippen LogP contribution in [0, 0.1) is 0 Å². The molecule has 1 unspecified atom stereocenters. The van der Waals surface area contributed by atoms with Crippen molar-refractivity contribution in [2.45, 2.75) is 25.8 Å². The Morgan fingerprint density at radius 3 is 2.60 bits per heavy atom. The van der Waals surface area contributed by atoms with E-state index >= 15 is 0 Å². The van der Waals surface area contributed by atoms with E-state index in [0.717, 1.165) is 30.3 Å². The van der Waals surface area contributed by atoms with Gasteiger partial charge in [-0.25, -0.2) is 4.98 Å². The van der Waals surface area contributed by atoms with Gasteiger partial charge < -0.3 is 10.2 Å². The van der Waals surface area contributed by atoms with Crippen LogP contribution in [-0.4, -0.2) is 27.9 Å². The SMILES string of the molecule is CC(Nc1ccc(N2CCCC2)nc1)c1ccnn1C. The van der Waals surface area contributed by atoms with Crippen LogP contribution in [0.1, 0.15) is 31.5 Å². The van der Waals surface area contributed by atoms with Crippen LogP contribution in [0.25, 0.3) is 0 Å². The van der Waals surface area contributed by atoms with E-state index in [0.29, 0.717) is 0 Å². The normalized spacial score (nSPS) is 16.4. The number of rotatable bonds is 4. The molecule has 0 amide bonds. The molecule has 1 N–H and O–H groups in total. The predicted octanol–water partition coefficient (Wildman–Crippen LogP) is 2.59. The fraction of sp³-hybridized carbons (Fsp3) is 0.467. The van der Waals surface area contributed by atoms with E-state index in [2.05, 4.69) is 39.4 Å². The molecule has 0 aliphatic carbocycles. The van der Waals surface area contributed by atoms with E-state index in [4.69, 9.17) is 0 Å². The third-order valence-corrected chi connectivity index (χ3v) is 3.86. The van der Waals surface area contributed by atoms with Crippen LogP contribution in [0.4, 0.5) is 11.5 Å². The van der Waals surface area contributed by atoms with Crippen LogP contribution in [0.5, 0.6) is 0 Å². The summed E-state index contributed by atoms with van der Waals surface area (Å²) in [5, 5.41) is 7.66. The summed E-state index contributed by atoms with van der Waals surface area (Å²) in [6, 6.07) is 6.45. The highest BCUT2D eigenvalue weighted by atomic mass is 15.3. The van der Waals surface area contributed by atoms with Gasteiger partial charge in [0.25, 0.3) is 0 Å². The van der Waals surface area contributed by atoms with Crippen molar-refractivity contribution in [2.75, 3.05) is 23.3 Å². The number of aryl methyl sites for hydroxylation is 1. The van der Waals surface area contributed by atoms with Crippen molar-refractivity contribution in [2.24, 2.45) is 7.05 Å². The minimum Gasteiger partial charge on any atom is -0.376 e. The molecule has 1 fully saturated rings. The lowest BCUT2D eigenvalue weighted by molar-refractivity contribution is 0.675. The van der Waals surface area contributed by atoms with Crippen molar-refractivity contribution in [1.29, 1.82) is 0 Å². The largest absolute Gasteiger partial charge is 0.376 e. The zero-order chi connectivity index (χ0) is 13.9. The summed E-state index contributed by atoms with van der Waals surface area (Å²) < 4.78 is 1.89. The molecule has 2 aromatic heterocycles.